The molecule has 2 heterocycles. The second-order valence-corrected chi connectivity index (χ2v) is 5.53. The van der Waals surface area contributed by atoms with Gasteiger partial charge < -0.3 is 20.1 Å². The van der Waals surface area contributed by atoms with Crippen LogP contribution in [0.4, 0.5) is 0 Å². The van der Waals surface area contributed by atoms with E-state index in [0.29, 0.717) is 35.4 Å². The highest BCUT2D eigenvalue weighted by molar-refractivity contribution is 6.45. The minimum absolute atomic E-state index is 0.0326. The first-order valence-electron chi connectivity index (χ1n) is 6.12. The molecule has 0 unspecified atom stereocenters. The molecule has 0 saturated heterocycles. The number of hydrogen-bond donors (Lipinski definition) is 3. The number of benzene rings is 1. The van der Waals surface area contributed by atoms with E-state index >= 15 is 0 Å². The molecule has 7 heteroatoms. The number of hydrogen-bond acceptors (Lipinski definition) is 3. The zero-order chi connectivity index (χ0) is 14.4. The van der Waals surface area contributed by atoms with Crippen molar-refractivity contribution in [3.63, 3.8) is 0 Å². The highest BCUT2D eigenvalue weighted by Gasteiger charge is 2.26. The Hall–Kier alpha value is -1.43. The summed E-state index contributed by atoms with van der Waals surface area (Å²) in [5, 5.41) is 20.3. The van der Waals surface area contributed by atoms with Gasteiger partial charge in [0, 0.05) is 42.2 Å². The Balaban J connectivity index is 2.16. The average molecular weight is 315 g/mol. The van der Waals surface area contributed by atoms with Crippen LogP contribution >= 0.6 is 23.2 Å². The van der Waals surface area contributed by atoms with Crippen molar-refractivity contribution in [2.75, 3.05) is 13.2 Å². The van der Waals surface area contributed by atoms with Crippen LogP contribution in [0.2, 0.25) is 10.0 Å². The van der Waals surface area contributed by atoms with Gasteiger partial charge in [-0.25, -0.2) is 0 Å². The molecule has 0 saturated carbocycles. The third-order valence-corrected chi connectivity index (χ3v) is 4.40. The van der Waals surface area contributed by atoms with Crippen LogP contribution in [-0.2, 0) is 17.8 Å². The first-order valence-corrected chi connectivity index (χ1v) is 6.87. The Kier molecular flexibility index (Phi) is 3.28. The molecule has 3 N–H and O–H groups in total. The van der Waals surface area contributed by atoms with E-state index in [-0.39, 0.29) is 16.7 Å². The van der Waals surface area contributed by atoms with Crippen molar-refractivity contribution in [2.24, 2.45) is 0 Å². The number of H-pyrrole nitrogens is 1. The first-order chi connectivity index (χ1) is 9.52. The molecular weight excluding hydrogens is 303 g/mol. The van der Waals surface area contributed by atoms with Crippen LogP contribution < -0.4 is 0 Å². The number of nitrogens with one attached hydrogen (secondary N) is 1. The van der Waals surface area contributed by atoms with E-state index in [1.165, 1.54) is 6.07 Å². The molecule has 0 fully saturated rings. The van der Waals surface area contributed by atoms with Crippen molar-refractivity contribution in [2.45, 2.75) is 13.0 Å². The Morgan fingerprint density at radius 3 is 2.90 bits per heavy atom. The molecule has 2 aromatic rings. The molecule has 0 bridgehead atoms. The summed E-state index contributed by atoms with van der Waals surface area (Å²) < 4.78 is 0. The number of aromatic hydroxyl groups is 1. The number of aliphatic hydroxyl groups is 1. The van der Waals surface area contributed by atoms with Crippen LogP contribution in [-0.4, -0.2) is 39.2 Å². The van der Waals surface area contributed by atoms with Gasteiger partial charge in [-0.05, 0) is 0 Å². The maximum atomic E-state index is 11.6. The number of carbonyl (C=O) groups is 1. The second kappa shape index (κ2) is 4.84. The molecule has 1 aromatic carbocycles. The van der Waals surface area contributed by atoms with Crippen LogP contribution in [0.3, 0.4) is 0 Å². The van der Waals surface area contributed by atoms with Crippen molar-refractivity contribution in [3.8, 4) is 5.75 Å². The topological polar surface area (TPSA) is 76.6 Å². The third kappa shape index (κ3) is 1.93. The highest BCUT2D eigenvalue weighted by Crippen LogP contribution is 2.41. The maximum absolute atomic E-state index is 11.6. The summed E-state index contributed by atoms with van der Waals surface area (Å²) in [5.41, 5.74) is 2.34. The second-order valence-electron chi connectivity index (χ2n) is 4.75. The predicted octanol–water partition coefficient (Wildman–Crippen LogP) is 2.06. The molecule has 0 radical (unpaired) electrons. The fraction of sp³-hybridized carbons (Fsp3) is 0.308. The van der Waals surface area contributed by atoms with Crippen LogP contribution in [0.25, 0.3) is 10.9 Å². The standard InChI is InChI=1S/C13H12Cl2N2O3/c14-7-3-9(19)11-6-4-17(10(20)5-18)2-1-8(6)16-13(11)12(7)15/h3,16,18-19H,1-2,4-5H2. The lowest BCUT2D eigenvalue weighted by atomic mass is 10.0. The van der Waals surface area contributed by atoms with E-state index in [1.54, 1.807) is 4.90 Å². The quantitative estimate of drug-likeness (QED) is 0.754. The predicted molar refractivity (Wildman–Crippen MR) is 76.2 cm³/mol. The molecule has 1 aliphatic heterocycles. The number of halogens is 2. The summed E-state index contributed by atoms with van der Waals surface area (Å²) in [4.78, 5) is 16.3. The van der Waals surface area contributed by atoms with Crippen LogP contribution in [0.5, 0.6) is 5.75 Å². The molecule has 5 nitrogen and oxygen atoms in total. The Morgan fingerprint density at radius 1 is 1.45 bits per heavy atom. The molecule has 1 aliphatic rings. The van der Waals surface area contributed by atoms with Gasteiger partial charge in [0.2, 0.25) is 5.91 Å². The largest absolute Gasteiger partial charge is 0.507 e. The number of nitrogens with zero attached hydrogens (tertiary/aromatic N) is 1. The number of amides is 1. The first kappa shape index (κ1) is 13.5. The molecule has 0 spiro atoms. The summed E-state index contributed by atoms with van der Waals surface area (Å²) in [6.45, 7) is 0.335. The fourth-order valence-corrected chi connectivity index (χ4v) is 3.02. The van der Waals surface area contributed by atoms with E-state index < -0.39 is 6.61 Å². The van der Waals surface area contributed by atoms with Gasteiger partial charge in [-0.3, -0.25) is 4.79 Å². The van der Waals surface area contributed by atoms with Crippen molar-refractivity contribution in [1.29, 1.82) is 0 Å². The monoisotopic (exact) mass is 314 g/mol. The molecule has 3 rings (SSSR count). The Bertz CT molecular complexity index is 711. The lowest BCUT2D eigenvalue weighted by Crippen LogP contribution is -2.37. The summed E-state index contributed by atoms with van der Waals surface area (Å²) in [6.07, 6.45) is 0.614. The Labute approximate surface area is 124 Å². The van der Waals surface area contributed by atoms with E-state index in [4.69, 9.17) is 28.3 Å². The summed E-state index contributed by atoms with van der Waals surface area (Å²) in [6, 6.07) is 1.40. The lowest BCUT2D eigenvalue weighted by Gasteiger charge is -2.26. The number of aromatic nitrogens is 1. The van der Waals surface area contributed by atoms with Crippen molar-refractivity contribution >= 4 is 40.0 Å². The molecule has 106 valence electrons. The maximum Gasteiger partial charge on any atom is 0.248 e. The summed E-state index contributed by atoms with van der Waals surface area (Å²) >= 11 is 12.1. The zero-order valence-corrected chi connectivity index (χ0v) is 11.9. The van der Waals surface area contributed by atoms with Gasteiger partial charge >= 0.3 is 0 Å². The summed E-state index contributed by atoms with van der Waals surface area (Å²) in [5.74, 6) is -0.297. The van der Waals surface area contributed by atoms with Gasteiger partial charge in [0.25, 0.3) is 0 Å². The van der Waals surface area contributed by atoms with Gasteiger partial charge in [-0.2, -0.15) is 0 Å². The lowest BCUT2D eigenvalue weighted by molar-refractivity contribution is -0.135. The van der Waals surface area contributed by atoms with Gasteiger partial charge in [0.15, 0.2) is 0 Å². The summed E-state index contributed by atoms with van der Waals surface area (Å²) in [7, 11) is 0. The fourth-order valence-electron chi connectivity index (χ4n) is 2.63. The average Bonchev–Trinajstić information content (AvgIpc) is 2.83. The SMILES string of the molecule is O=C(CO)N1CCc2[nH]c3c(Cl)c(Cl)cc(O)c3c2C1. The smallest absolute Gasteiger partial charge is 0.248 e. The van der Waals surface area contributed by atoms with Crippen molar-refractivity contribution in [3.05, 3.63) is 27.4 Å². The van der Waals surface area contributed by atoms with Gasteiger partial charge in [-0.1, -0.05) is 23.2 Å². The van der Waals surface area contributed by atoms with E-state index in [0.717, 1.165) is 11.3 Å². The number of aromatic amines is 1. The molecular formula is C13H12Cl2N2O3. The molecule has 1 amide bonds. The van der Waals surface area contributed by atoms with Gasteiger partial charge in [0.1, 0.15) is 12.4 Å². The molecule has 0 atom stereocenters. The third-order valence-electron chi connectivity index (χ3n) is 3.61. The molecule has 20 heavy (non-hydrogen) atoms. The van der Waals surface area contributed by atoms with Crippen molar-refractivity contribution < 1.29 is 15.0 Å². The van der Waals surface area contributed by atoms with Crippen LogP contribution in [0.15, 0.2) is 6.07 Å². The van der Waals surface area contributed by atoms with E-state index in [1.807, 2.05) is 0 Å². The Morgan fingerprint density at radius 2 is 2.20 bits per heavy atom. The normalized spacial score (nSPS) is 14.7. The van der Waals surface area contributed by atoms with Gasteiger partial charge in [0.05, 0.1) is 15.6 Å². The number of aliphatic hydroxyl groups excluding tert-OH is 1. The van der Waals surface area contributed by atoms with Crippen molar-refractivity contribution in [1.82, 2.24) is 9.88 Å². The number of carbonyl (C=O) groups excluding carboxylic acids is 1. The van der Waals surface area contributed by atoms with Crippen LogP contribution in [0, 0.1) is 0 Å². The minimum Gasteiger partial charge on any atom is -0.507 e. The highest BCUT2D eigenvalue weighted by atomic mass is 35.5. The zero-order valence-electron chi connectivity index (χ0n) is 10.4. The molecule has 0 aliphatic carbocycles. The van der Waals surface area contributed by atoms with Gasteiger partial charge in [-0.15, -0.1) is 0 Å². The minimum atomic E-state index is -0.518. The number of phenolic OH excluding ortho intramolecular Hbond substituents is 1. The molecule has 1 aromatic heterocycles. The van der Waals surface area contributed by atoms with E-state index in [9.17, 15) is 9.90 Å². The van der Waals surface area contributed by atoms with E-state index in [2.05, 4.69) is 4.98 Å². The van der Waals surface area contributed by atoms with Crippen LogP contribution in [0.1, 0.15) is 11.3 Å². The number of rotatable bonds is 1. The number of phenols is 1. The number of fused-ring (bicyclic) bond motifs is 3.